The Morgan fingerprint density at radius 3 is 2.53 bits per heavy atom. The van der Waals surface area contributed by atoms with E-state index in [0.717, 1.165) is 36.8 Å². The molecule has 2 aliphatic heterocycles. The molecule has 1 aromatic carbocycles. The van der Waals surface area contributed by atoms with Gasteiger partial charge in [0.1, 0.15) is 0 Å². The molecule has 2 nitrogen and oxygen atoms in total. The zero-order valence-corrected chi connectivity index (χ0v) is 13.2. The first kappa shape index (κ1) is 13.4. The number of alkyl halides is 1. The maximum absolute atomic E-state index is 12.7. The maximum Gasteiger partial charge on any atom is 0.254 e. The van der Waals surface area contributed by atoms with Crippen molar-refractivity contribution in [2.45, 2.75) is 49.5 Å². The molecule has 0 aromatic heterocycles. The zero-order valence-electron chi connectivity index (χ0n) is 10.9. The van der Waals surface area contributed by atoms with Crippen molar-refractivity contribution in [1.29, 1.82) is 0 Å². The summed E-state index contributed by atoms with van der Waals surface area (Å²) in [5, 5.41) is 0.675. The van der Waals surface area contributed by atoms with Crippen LogP contribution in [0.2, 0.25) is 5.02 Å². The molecule has 19 heavy (non-hydrogen) atoms. The molecule has 2 saturated heterocycles. The average molecular weight is 343 g/mol. The summed E-state index contributed by atoms with van der Waals surface area (Å²) in [5.41, 5.74) is 1.74. The highest BCUT2D eigenvalue weighted by Gasteiger charge is 2.42. The number of fused-ring (bicyclic) bond motifs is 2. The number of rotatable bonds is 1. The van der Waals surface area contributed by atoms with Gasteiger partial charge in [-0.05, 0) is 50.3 Å². The molecule has 0 saturated carbocycles. The molecule has 4 heteroatoms. The summed E-state index contributed by atoms with van der Waals surface area (Å²) >= 11 is 9.83. The van der Waals surface area contributed by atoms with E-state index in [1.54, 1.807) is 6.07 Å². The molecule has 2 fully saturated rings. The van der Waals surface area contributed by atoms with E-state index in [9.17, 15) is 4.79 Å². The molecular formula is C15H17BrClNO. The molecular weight excluding hydrogens is 326 g/mol. The normalized spacial score (nSPS) is 29.6. The number of benzene rings is 1. The molecule has 1 aromatic rings. The van der Waals surface area contributed by atoms with Crippen LogP contribution >= 0.6 is 27.5 Å². The minimum Gasteiger partial charge on any atom is -0.333 e. The first-order valence-electron chi connectivity index (χ1n) is 6.79. The number of carbonyl (C=O) groups excluding carboxylic acids is 1. The summed E-state index contributed by atoms with van der Waals surface area (Å²) in [5.74, 6) is 0.147. The van der Waals surface area contributed by atoms with E-state index < -0.39 is 0 Å². The lowest BCUT2D eigenvalue weighted by Crippen LogP contribution is -2.46. The van der Waals surface area contributed by atoms with Gasteiger partial charge in [-0.15, -0.1) is 0 Å². The minimum atomic E-state index is 0.147. The number of amides is 1. The third kappa shape index (κ3) is 2.43. The van der Waals surface area contributed by atoms with Crippen molar-refractivity contribution in [3.8, 4) is 0 Å². The van der Waals surface area contributed by atoms with Gasteiger partial charge in [-0.1, -0.05) is 33.6 Å². The van der Waals surface area contributed by atoms with Gasteiger partial charge in [-0.2, -0.15) is 0 Å². The monoisotopic (exact) mass is 341 g/mol. The van der Waals surface area contributed by atoms with Crippen molar-refractivity contribution in [2.24, 2.45) is 0 Å². The lowest BCUT2D eigenvalue weighted by Gasteiger charge is -2.37. The molecule has 3 rings (SSSR count). The second kappa shape index (κ2) is 5.10. The van der Waals surface area contributed by atoms with Crippen molar-refractivity contribution in [3.05, 3.63) is 34.3 Å². The quantitative estimate of drug-likeness (QED) is 0.701. The molecule has 1 amide bonds. The average Bonchev–Trinajstić information content (AvgIpc) is 2.64. The van der Waals surface area contributed by atoms with Crippen LogP contribution in [0.5, 0.6) is 0 Å². The van der Waals surface area contributed by atoms with Gasteiger partial charge in [0.15, 0.2) is 0 Å². The van der Waals surface area contributed by atoms with Gasteiger partial charge in [0.25, 0.3) is 5.91 Å². The summed E-state index contributed by atoms with van der Waals surface area (Å²) in [6.07, 6.45) is 4.42. The fourth-order valence-electron chi connectivity index (χ4n) is 3.32. The number of hydrogen-bond acceptors (Lipinski definition) is 1. The fraction of sp³-hybridized carbons (Fsp3) is 0.533. The molecule has 102 valence electrons. The summed E-state index contributed by atoms with van der Waals surface area (Å²) < 4.78 is 0. The Balaban J connectivity index is 1.86. The Morgan fingerprint density at radius 1 is 1.32 bits per heavy atom. The van der Waals surface area contributed by atoms with Crippen LogP contribution in [-0.4, -0.2) is 27.7 Å². The van der Waals surface area contributed by atoms with Crippen molar-refractivity contribution in [3.63, 3.8) is 0 Å². The Labute approximate surface area is 127 Å². The van der Waals surface area contributed by atoms with E-state index in [4.69, 9.17) is 11.6 Å². The van der Waals surface area contributed by atoms with Crippen LogP contribution in [0, 0.1) is 6.92 Å². The van der Waals surface area contributed by atoms with Crippen LogP contribution in [0.15, 0.2) is 18.2 Å². The molecule has 2 heterocycles. The highest BCUT2D eigenvalue weighted by atomic mass is 79.9. The smallest absolute Gasteiger partial charge is 0.254 e. The fourth-order valence-corrected chi connectivity index (χ4v) is 4.36. The number of piperidine rings is 1. The maximum atomic E-state index is 12.7. The van der Waals surface area contributed by atoms with Crippen molar-refractivity contribution in [1.82, 2.24) is 4.90 Å². The topological polar surface area (TPSA) is 20.3 Å². The van der Waals surface area contributed by atoms with E-state index in [-0.39, 0.29) is 5.91 Å². The van der Waals surface area contributed by atoms with Crippen molar-refractivity contribution in [2.75, 3.05) is 0 Å². The second-order valence-corrected chi connectivity index (χ2v) is 7.33. The Hall–Kier alpha value is -0.540. The van der Waals surface area contributed by atoms with Gasteiger partial charge >= 0.3 is 0 Å². The first-order chi connectivity index (χ1) is 9.06. The summed E-state index contributed by atoms with van der Waals surface area (Å²) in [6.45, 7) is 1.95. The number of halogens is 2. The van der Waals surface area contributed by atoms with Crippen LogP contribution in [0.25, 0.3) is 0 Å². The van der Waals surface area contributed by atoms with Gasteiger partial charge < -0.3 is 4.90 Å². The first-order valence-corrected chi connectivity index (χ1v) is 8.08. The Morgan fingerprint density at radius 2 is 1.95 bits per heavy atom. The van der Waals surface area contributed by atoms with Gasteiger partial charge in [0.2, 0.25) is 0 Å². The van der Waals surface area contributed by atoms with Crippen LogP contribution in [0.1, 0.15) is 41.6 Å². The number of aryl methyl sites for hydroxylation is 1. The van der Waals surface area contributed by atoms with Crippen molar-refractivity contribution < 1.29 is 4.79 Å². The van der Waals surface area contributed by atoms with Gasteiger partial charge in [-0.25, -0.2) is 0 Å². The van der Waals surface area contributed by atoms with Crippen LogP contribution in [-0.2, 0) is 0 Å². The predicted molar refractivity (Wildman–Crippen MR) is 81.1 cm³/mol. The van der Waals surface area contributed by atoms with Crippen LogP contribution in [0.4, 0.5) is 0 Å². The van der Waals surface area contributed by atoms with Crippen LogP contribution < -0.4 is 0 Å². The molecule has 2 atom stereocenters. The highest BCUT2D eigenvalue weighted by molar-refractivity contribution is 9.09. The third-order valence-electron chi connectivity index (χ3n) is 4.33. The zero-order chi connectivity index (χ0) is 13.6. The van der Waals surface area contributed by atoms with Gasteiger partial charge in [0.05, 0.1) is 0 Å². The minimum absolute atomic E-state index is 0.147. The van der Waals surface area contributed by atoms with E-state index in [2.05, 4.69) is 20.8 Å². The van der Waals surface area contributed by atoms with E-state index in [0.29, 0.717) is 21.9 Å². The van der Waals surface area contributed by atoms with E-state index >= 15 is 0 Å². The second-order valence-electron chi connectivity index (χ2n) is 5.63. The van der Waals surface area contributed by atoms with Crippen LogP contribution in [0.3, 0.4) is 0 Å². The van der Waals surface area contributed by atoms with E-state index in [1.165, 1.54) is 0 Å². The molecule has 0 N–H and O–H groups in total. The Bertz CT molecular complexity index is 505. The third-order valence-corrected chi connectivity index (χ3v) is 5.48. The summed E-state index contributed by atoms with van der Waals surface area (Å²) in [4.78, 5) is 15.3. The molecule has 2 aliphatic rings. The molecule has 0 spiro atoms. The molecule has 0 radical (unpaired) electrons. The highest BCUT2D eigenvalue weighted by Crippen LogP contribution is 2.39. The summed E-state index contributed by atoms with van der Waals surface area (Å²) in [6, 6.07) is 6.42. The Kier molecular flexibility index (Phi) is 3.61. The number of hydrogen-bond donors (Lipinski definition) is 0. The SMILES string of the molecule is Cc1ccc(C(=O)N2C3CCC2CC(Br)C3)cc1Cl. The van der Waals surface area contributed by atoms with Crippen molar-refractivity contribution >= 4 is 33.4 Å². The molecule has 2 bridgehead atoms. The lowest BCUT2D eigenvalue weighted by atomic mass is 10.0. The van der Waals surface area contributed by atoms with Gasteiger partial charge in [-0.3, -0.25) is 4.79 Å². The standard InChI is InChI=1S/C15H17BrClNO/c1-9-2-3-10(6-14(9)17)15(19)18-12-4-5-13(18)8-11(16)7-12/h2-3,6,11-13H,4-5,7-8H2,1H3. The number of nitrogens with zero attached hydrogens (tertiary/aromatic N) is 1. The molecule has 2 unspecified atom stereocenters. The van der Waals surface area contributed by atoms with Gasteiger partial charge in [0, 0.05) is 27.5 Å². The predicted octanol–water partition coefficient (Wildman–Crippen LogP) is 4.18. The number of carbonyl (C=O) groups is 1. The summed E-state index contributed by atoms with van der Waals surface area (Å²) in [7, 11) is 0. The largest absolute Gasteiger partial charge is 0.333 e. The molecule has 0 aliphatic carbocycles. The lowest BCUT2D eigenvalue weighted by molar-refractivity contribution is 0.0603. The van der Waals surface area contributed by atoms with E-state index in [1.807, 2.05) is 19.1 Å².